The lowest BCUT2D eigenvalue weighted by atomic mass is 9.97. The fraction of sp³-hybridized carbons (Fsp3) is 0.679. The molecule has 0 radical (unpaired) electrons. The molecule has 0 unspecified atom stereocenters. The molecule has 27 nitrogen and oxygen atoms in total. The summed E-state index contributed by atoms with van der Waals surface area (Å²) in [5.74, 6) is -1.39. The topological polar surface area (TPSA) is 443 Å². The number of nitrogens with zero attached hydrogens (tertiary/aromatic N) is 5. The number of aliphatic hydroxyl groups is 3. The summed E-state index contributed by atoms with van der Waals surface area (Å²) in [6.45, 7) is 74.7. The summed E-state index contributed by atoms with van der Waals surface area (Å²) in [7, 11) is -13.7. The number of nitrogens with one attached hydrogen (secondary N) is 1. The van der Waals surface area contributed by atoms with Crippen LogP contribution in [-0.4, -0.2) is 189 Å². The first-order valence-electron chi connectivity index (χ1n) is 39.5. The van der Waals surface area contributed by atoms with Crippen LogP contribution >= 0.6 is 24.0 Å². The van der Waals surface area contributed by atoms with E-state index in [9.17, 15) is 49.2 Å². The highest BCUT2D eigenvalue weighted by Crippen LogP contribution is 2.38. The fourth-order valence-corrected chi connectivity index (χ4v) is 13.1. The highest BCUT2D eigenvalue weighted by Gasteiger charge is 2.42. The second kappa shape index (κ2) is 64.9. The van der Waals surface area contributed by atoms with Gasteiger partial charge in [-0.15, -0.1) is 32.9 Å². The van der Waals surface area contributed by atoms with Crippen LogP contribution in [0.4, 0.5) is 0 Å². The van der Waals surface area contributed by atoms with Crippen LogP contribution in [0.1, 0.15) is 166 Å². The van der Waals surface area contributed by atoms with Crippen LogP contribution in [0.3, 0.4) is 0 Å². The second-order valence-electron chi connectivity index (χ2n) is 33.3. The molecule has 0 bridgehead atoms. The van der Waals surface area contributed by atoms with Crippen molar-refractivity contribution in [3.8, 4) is 0 Å². The van der Waals surface area contributed by atoms with E-state index in [1.54, 1.807) is 80.8 Å². The van der Waals surface area contributed by atoms with Crippen molar-refractivity contribution in [1.29, 1.82) is 0 Å². The van der Waals surface area contributed by atoms with Crippen molar-refractivity contribution in [2.45, 2.75) is 213 Å². The van der Waals surface area contributed by atoms with Gasteiger partial charge in [-0.05, 0) is 144 Å². The van der Waals surface area contributed by atoms with Crippen molar-refractivity contribution in [2.24, 2.45) is 112 Å². The standard InChI is InChI=1S/C12H26O3Si.C12H26O2Si.C11H16N2O2S.C11H16N2S.C8H16O3S.C7H15NO2S.C7H14O.C6H10O4.C6H12O3.C4H4N2S/c1-9(8-13)10(2)11(14)15-16(6,7)12(3,4)5;1-10(8-13)11(2)9-14-15(6,7)12(3,4)5;1-4-9(2)10(3)8-16(14,15)11-12-6-5-7-13-11;1-4-9(2)10(3)8-14-11-12-6-5-7-13-11;1-5-7(2)8(3)6-11-12(4,9)10;1-4-6(2)7(3)5-11(8,9)10;1-4-6(2)7(3)5-8;1-3(5(7)8)4(2)6(9)10;1-4(3-7)5(2)6(8)9;7-4-5-2-1-3-6-4/h9-10,13H,8H2,1-7H3;8,10-11H,9H2,1-7H3;4-7,9-10H,1,8H2,2-3H3;4-7,9-10H,1,8H2,2-3H3;5,7-8H,1,6H2,2-4H3;4,6-7H,1,5H2,2-3H3,(H2,8,9,10);4,6-8H,1,5H2,2-3H3;3-4H,1-2H3,(H,7,8)(H,9,10);4-5,7H,3H2,1-2H3,(H,8,9);1-3H,(H,5,6,7)/t9-,10-;10-,11+;2*9-,10+;7-,8+;2*6-,7+;3-,4+;4-,5-;/m0000000.0./s1. The number of allylic oxidation sites excluding steroid dienone is 5. The van der Waals surface area contributed by atoms with Crippen molar-refractivity contribution < 1.29 is 92.9 Å². The molecule has 0 aliphatic heterocycles. The quantitative estimate of drug-likeness (QED) is 0.00505. The third kappa shape index (κ3) is 63.1. The zero-order valence-electron chi connectivity index (χ0n) is 76.5. The maximum absolute atomic E-state index is 11.9. The van der Waals surface area contributed by atoms with Crippen LogP contribution in [0.5, 0.6) is 0 Å². The van der Waals surface area contributed by atoms with Gasteiger partial charge in [-0.3, -0.25) is 23.4 Å². The smallest absolute Gasteiger partial charge is 0.307 e. The van der Waals surface area contributed by atoms with E-state index in [2.05, 4.69) is 168 Å². The number of aliphatic carboxylic acids is 3. The van der Waals surface area contributed by atoms with E-state index in [0.717, 1.165) is 23.5 Å². The molecule has 18 atom stereocenters. The van der Waals surface area contributed by atoms with Gasteiger partial charge >= 0.3 is 17.9 Å². The molecule has 684 valence electrons. The molecule has 3 rings (SSSR count). The number of carboxylic acid groups (broad SMARTS) is 3. The van der Waals surface area contributed by atoms with Gasteiger partial charge in [0.25, 0.3) is 24.4 Å². The number of nitrogens with two attached hydrogens (primary N) is 1. The van der Waals surface area contributed by atoms with Gasteiger partial charge in [0.2, 0.25) is 25.0 Å². The Hall–Kier alpha value is -5.90. The average Bonchev–Trinajstić information content (AvgIpc) is 0.834. The molecule has 3 aromatic heterocycles. The monoisotopic (exact) mass is 1800 g/mol. The highest BCUT2D eigenvalue weighted by molar-refractivity contribution is 7.99. The fourth-order valence-electron chi connectivity index (χ4n) is 6.83. The van der Waals surface area contributed by atoms with Crippen molar-refractivity contribution in [2.75, 3.05) is 56.5 Å². The van der Waals surface area contributed by atoms with E-state index in [0.29, 0.717) is 41.0 Å². The lowest BCUT2D eigenvalue weighted by Crippen LogP contribution is -2.44. The number of aldehydes is 1. The van der Waals surface area contributed by atoms with Crippen LogP contribution in [-0.2, 0) is 67.0 Å². The zero-order chi connectivity index (χ0) is 94.3. The Kier molecular flexibility index (Phi) is 68.9. The predicted molar refractivity (Wildman–Crippen MR) is 488 cm³/mol. The van der Waals surface area contributed by atoms with Crippen molar-refractivity contribution in [3.63, 3.8) is 0 Å². The van der Waals surface area contributed by atoms with Crippen LogP contribution < -0.4 is 5.14 Å². The SMILES string of the molecule is C=C[C@H](C)[C@H](C)CO.C=C[C@H](C)[C@H](C)COS(C)(=O)=O.C=C[C@H](C)[C@H](C)CS(=O)(=O)c1ncccn1.C=C[C@H](C)[C@H](C)CS(N)(=O)=O.C=C[C@H](C)[C@H](C)CSc1ncccn1.C[C@H](C(=O)O)[C@@H](C)C(=O)O.C[C@H](C(=O)O)[C@@H](C)CO.C[C@H](C(=O)O[Si](C)(C)C(C)(C)C)[C@@H](C)CO.C[C@H](CO[Si](C)(C)C(C)(C)C)[C@@H](C)C=O.S=c1nccc[nH]1. The van der Waals surface area contributed by atoms with Gasteiger partial charge in [0.1, 0.15) is 6.29 Å². The molecule has 0 aliphatic carbocycles. The summed E-state index contributed by atoms with van der Waals surface area (Å²) in [5.41, 5.74) is 0. The van der Waals surface area contributed by atoms with Gasteiger partial charge in [0.15, 0.2) is 18.2 Å². The first kappa shape index (κ1) is 125. The van der Waals surface area contributed by atoms with E-state index < -0.39 is 82.3 Å². The summed E-state index contributed by atoms with van der Waals surface area (Å²) in [4.78, 5) is 75.4. The van der Waals surface area contributed by atoms with E-state index in [-0.39, 0.29) is 118 Å². The largest absolute Gasteiger partial charge is 0.519 e. The molecule has 3 heterocycles. The molecular weight excluding hydrogens is 1640 g/mol. The molecule has 0 spiro atoms. The van der Waals surface area contributed by atoms with E-state index in [4.69, 9.17) is 44.6 Å². The van der Waals surface area contributed by atoms with E-state index in [1.807, 2.05) is 94.4 Å². The Bertz CT molecular complexity index is 3650. The minimum atomic E-state index is -3.38. The number of hydrogen-bond donors (Lipinski definition) is 8. The highest BCUT2D eigenvalue weighted by atomic mass is 32.2. The zero-order valence-corrected chi connectivity index (χ0v) is 82.6. The number of primary sulfonamides is 1. The Labute approximate surface area is 723 Å². The molecule has 34 heteroatoms. The van der Waals surface area contributed by atoms with Gasteiger partial charge in [-0.1, -0.05) is 208 Å². The number of aromatic nitrogens is 6. The number of carbonyl (C=O) groups excluding carboxylic acids is 2. The van der Waals surface area contributed by atoms with Crippen LogP contribution in [0, 0.1) is 111 Å². The molecule has 0 aromatic carbocycles. The number of aliphatic hydroxyl groups excluding tert-OH is 3. The van der Waals surface area contributed by atoms with Gasteiger partial charge in [0, 0.05) is 75.3 Å². The van der Waals surface area contributed by atoms with E-state index >= 15 is 0 Å². The number of sulfonamides is 1. The second-order valence-corrected chi connectivity index (χ2v) is 49.5. The summed E-state index contributed by atoms with van der Waals surface area (Å²) < 4.78 is 83.1. The number of H-pyrrole nitrogens is 1. The summed E-state index contributed by atoms with van der Waals surface area (Å²) in [6, 6.07) is 5.21. The molecular formula is C84H155N7O20S5Si2. The van der Waals surface area contributed by atoms with Gasteiger partial charge in [-0.25, -0.2) is 46.9 Å². The van der Waals surface area contributed by atoms with Crippen LogP contribution in [0.25, 0.3) is 0 Å². The number of thioether (sulfide) groups is 1. The summed E-state index contributed by atoms with van der Waals surface area (Å²) in [5, 5.41) is 57.0. The lowest BCUT2D eigenvalue weighted by Gasteiger charge is -2.37. The Morgan fingerprint density at radius 2 is 0.847 bits per heavy atom. The molecule has 118 heavy (non-hydrogen) atoms. The third-order valence-electron chi connectivity index (χ3n) is 20.9. The maximum atomic E-state index is 11.9. The summed E-state index contributed by atoms with van der Waals surface area (Å²) in [6.07, 6.45) is 21.0. The van der Waals surface area contributed by atoms with Crippen molar-refractivity contribution in [3.05, 3.63) is 123 Å². The van der Waals surface area contributed by atoms with Crippen LogP contribution in [0.2, 0.25) is 36.3 Å². The lowest BCUT2D eigenvalue weighted by molar-refractivity contribution is -0.152. The number of carbonyl (C=O) groups is 5. The first-order valence-corrected chi connectivity index (χ1v) is 51.8. The first-order chi connectivity index (χ1) is 53.7. The minimum absolute atomic E-state index is 0.00584. The van der Waals surface area contributed by atoms with Gasteiger partial charge < -0.3 is 49.3 Å². The van der Waals surface area contributed by atoms with Crippen LogP contribution in [0.15, 0.2) is 129 Å². The maximum Gasteiger partial charge on any atom is 0.307 e. The third-order valence-corrected chi connectivity index (χ3v) is 34.4. The number of carboxylic acids is 3. The van der Waals surface area contributed by atoms with Crippen molar-refractivity contribution in [1.82, 2.24) is 29.9 Å². The number of hydrogen-bond acceptors (Lipinski definition) is 24. The number of sulfone groups is 1. The predicted octanol–water partition coefficient (Wildman–Crippen LogP) is 16.5. The van der Waals surface area contributed by atoms with E-state index in [1.165, 1.54) is 26.2 Å². The molecule has 0 saturated heterocycles. The Morgan fingerprint density at radius 1 is 0.500 bits per heavy atom. The number of rotatable bonds is 37. The van der Waals surface area contributed by atoms with Gasteiger partial charge in [0.05, 0.1) is 48.0 Å². The normalized spacial score (nSPS) is 15.9. The molecule has 9 N–H and O–H groups in total. The molecule has 0 fully saturated rings. The molecule has 3 aromatic rings. The molecule has 0 aliphatic rings. The Morgan fingerprint density at radius 3 is 1.15 bits per heavy atom. The van der Waals surface area contributed by atoms with Crippen molar-refractivity contribution >= 4 is 101 Å². The van der Waals surface area contributed by atoms with Gasteiger partial charge in [-0.2, -0.15) is 8.42 Å². The molecule has 0 saturated carbocycles. The summed E-state index contributed by atoms with van der Waals surface area (Å²) >= 11 is 6.35. The molecule has 0 amide bonds. The minimum Gasteiger partial charge on any atom is -0.519 e. The number of aromatic amines is 1. The Balaban J connectivity index is -0.000000234. The average molecular weight is 1800 g/mol.